The Hall–Kier alpha value is -1.34. The van der Waals surface area contributed by atoms with Crippen LogP contribution in [0.5, 0.6) is 0 Å². The smallest absolute Gasteiger partial charge is 0.322 e. The zero-order valence-corrected chi connectivity index (χ0v) is 11.1. The van der Waals surface area contributed by atoms with Crippen LogP contribution in [0.1, 0.15) is 24.8 Å². The molecule has 0 radical (unpaired) electrons. The van der Waals surface area contributed by atoms with Gasteiger partial charge < -0.3 is 11.1 Å². The largest absolute Gasteiger partial charge is 0.416 e. The van der Waals surface area contributed by atoms with Crippen LogP contribution in [0.25, 0.3) is 0 Å². The Bertz CT molecular complexity index is 515. The zero-order chi connectivity index (χ0) is 14.3. The van der Waals surface area contributed by atoms with Crippen LogP contribution >= 0.6 is 12.4 Å². The lowest BCUT2D eigenvalue weighted by atomic mass is 9.77. The number of hydrogen-bond donors (Lipinski definition) is 2. The van der Waals surface area contributed by atoms with Gasteiger partial charge in [0.15, 0.2) is 0 Å². The first kappa shape index (κ1) is 16.7. The third-order valence-corrected chi connectivity index (χ3v) is 3.24. The molecule has 0 aromatic heterocycles. The summed E-state index contributed by atoms with van der Waals surface area (Å²) in [5.41, 5.74) is 3.09. The number of benzene rings is 1. The summed E-state index contributed by atoms with van der Waals surface area (Å²) in [6.45, 7) is 0. The standard InChI is InChI=1S/C12H12F4N2O.ClH/c13-8-3-2-7(12(14,15)16)6-9(8)18-10(19)11(17)4-1-5-11;/h2-3,6H,1,4-5,17H2,(H,18,19);1H. The maximum Gasteiger partial charge on any atom is 0.416 e. The fourth-order valence-corrected chi connectivity index (χ4v) is 1.83. The van der Waals surface area contributed by atoms with E-state index in [9.17, 15) is 22.4 Å². The van der Waals surface area contributed by atoms with Crippen molar-refractivity contribution in [3.8, 4) is 0 Å². The molecule has 0 spiro atoms. The minimum Gasteiger partial charge on any atom is -0.322 e. The van der Waals surface area contributed by atoms with E-state index in [1.54, 1.807) is 0 Å². The van der Waals surface area contributed by atoms with E-state index in [4.69, 9.17) is 5.73 Å². The van der Waals surface area contributed by atoms with Gasteiger partial charge in [-0.1, -0.05) is 0 Å². The van der Waals surface area contributed by atoms with Crippen molar-refractivity contribution in [3.05, 3.63) is 29.6 Å². The molecule has 8 heteroatoms. The van der Waals surface area contributed by atoms with Crippen molar-refractivity contribution in [1.29, 1.82) is 0 Å². The number of nitrogens with one attached hydrogen (secondary N) is 1. The van der Waals surface area contributed by atoms with Crippen molar-refractivity contribution in [2.75, 3.05) is 5.32 Å². The van der Waals surface area contributed by atoms with E-state index in [-0.39, 0.29) is 12.4 Å². The molecule has 2 rings (SSSR count). The molecule has 0 aliphatic heterocycles. The summed E-state index contributed by atoms with van der Waals surface area (Å²) in [5.74, 6) is -1.58. The molecule has 1 fully saturated rings. The van der Waals surface area contributed by atoms with Crippen LogP contribution in [0.4, 0.5) is 23.2 Å². The van der Waals surface area contributed by atoms with Crippen molar-refractivity contribution in [2.24, 2.45) is 5.73 Å². The Labute approximate surface area is 118 Å². The number of rotatable bonds is 2. The van der Waals surface area contributed by atoms with Crippen LogP contribution in [0.2, 0.25) is 0 Å². The molecular formula is C12H13ClF4N2O. The summed E-state index contributed by atoms with van der Waals surface area (Å²) >= 11 is 0. The van der Waals surface area contributed by atoms with Crippen LogP contribution in [-0.4, -0.2) is 11.4 Å². The second kappa shape index (κ2) is 5.57. The highest BCUT2D eigenvalue weighted by molar-refractivity contribution is 5.98. The SMILES string of the molecule is Cl.NC1(C(=O)Nc2cc(C(F)(F)F)ccc2F)CCC1. The van der Waals surface area contributed by atoms with E-state index in [0.29, 0.717) is 31.0 Å². The first-order valence-corrected chi connectivity index (χ1v) is 5.69. The molecule has 1 aliphatic rings. The monoisotopic (exact) mass is 312 g/mol. The van der Waals surface area contributed by atoms with Crippen LogP contribution in [-0.2, 0) is 11.0 Å². The van der Waals surface area contributed by atoms with Crippen molar-refractivity contribution in [1.82, 2.24) is 0 Å². The summed E-state index contributed by atoms with van der Waals surface area (Å²) < 4.78 is 50.9. The van der Waals surface area contributed by atoms with Crippen molar-refractivity contribution < 1.29 is 22.4 Å². The van der Waals surface area contributed by atoms with Crippen molar-refractivity contribution in [3.63, 3.8) is 0 Å². The molecule has 20 heavy (non-hydrogen) atoms. The summed E-state index contributed by atoms with van der Waals surface area (Å²) in [4.78, 5) is 11.7. The van der Waals surface area contributed by atoms with Crippen LogP contribution in [0.3, 0.4) is 0 Å². The predicted octanol–water partition coefficient (Wildman–Crippen LogP) is 3.09. The summed E-state index contributed by atoms with van der Waals surface area (Å²) in [7, 11) is 0. The zero-order valence-electron chi connectivity index (χ0n) is 10.3. The van der Waals surface area contributed by atoms with E-state index in [1.165, 1.54) is 0 Å². The van der Waals surface area contributed by atoms with Crippen molar-refractivity contribution in [2.45, 2.75) is 31.0 Å². The number of alkyl halides is 3. The van der Waals surface area contributed by atoms with Gasteiger partial charge in [0.1, 0.15) is 5.82 Å². The molecule has 1 saturated carbocycles. The molecule has 112 valence electrons. The first-order valence-electron chi connectivity index (χ1n) is 5.69. The number of carbonyl (C=O) groups excluding carboxylic acids is 1. The van der Waals surface area contributed by atoms with Gasteiger partial charge in [-0.25, -0.2) is 4.39 Å². The highest BCUT2D eigenvalue weighted by Crippen LogP contribution is 2.33. The van der Waals surface area contributed by atoms with Gasteiger partial charge in [0.25, 0.3) is 0 Å². The number of anilines is 1. The molecular weight excluding hydrogens is 300 g/mol. The molecule has 0 unspecified atom stereocenters. The Kier molecular flexibility index (Phi) is 4.66. The maximum absolute atomic E-state index is 13.4. The number of hydrogen-bond acceptors (Lipinski definition) is 2. The van der Waals surface area contributed by atoms with Gasteiger partial charge in [0.05, 0.1) is 16.8 Å². The maximum atomic E-state index is 13.4. The van der Waals surface area contributed by atoms with E-state index >= 15 is 0 Å². The lowest BCUT2D eigenvalue weighted by Crippen LogP contribution is -2.56. The molecule has 1 aromatic rings. The minimum absolute atomic E-state index is 0. The lowest BCUT2D eigenvalue weighted by Gasteiger charge is -2.36. The highest BCUT2D eigenvalue weighted by Gasteiger charge is 2.40. The number of carbonyl (C=O) groups is 1. The van der Waals surface area contributed by atoms with Crippen LogP contribution < -0.4 is 11.1 Å². The Balaban J connectivity index is 0.00000200. The number of halogens is 5. The Morgan fingerprint density at radius 2 is 1.90 bits per heavy atom. The Morgan fingerprint density at radius 1 is 1.30 bits per heavy atom. The molecule has 0 heterocycles. The molecule has 3 N–H and O–H groups in total. The average Bonchev–Trinajstić information content (AvgIpc) is 2.27. The van der Waals surface area contributed by atoms with E-state index in [2.05, 4.69) is 5.32 Å². The highest BCUT2D eigenvalue weighted by atomic mass is 35.5. The lowest BCUT2D eigenvalue weighted by molar-refractivity contribution is -0.137. The number of nitrogens with two attached hydrogens (primary N) is 1. The van der Waals surface area contributed by atoms with Gasteiger partial charge in [0.2, 0.25) is 5.91 Å². The van der Waals surface area contributed by atoms with Crippen molar-refractivity contribution >= 4 is 24.0 Å². The predicted molar refractivity (Wildman–Crippen MR) is 68.0 cm³/mol. The van der Waals surface area contributed by atoms with Gasteiger partial charge in [0, 0.05) is 0 Å². The summed E-state index contributed by atoms with van der Waals surface area (Å²) in [5, 5.41) is 2.13. The normalized spacial score (nSPS) is 16.9. The summed E-state index contributed by atoms with van der Waals surface area (Å²) in [6, 6.07) is 1.85. The second-order valence-electron chi connectivity index (χ2n) is 4.66. The number of amides is 1. The van der Waals surface area contributed by atoms with Gasteiger partial charge in [-0.3, -0.25) is 4.79 Å². The minimum atomic E-state index is -4.59. The van der Waals surface area contributed by atoms with Gasteiger partial charge in [-0.2, -0.15) is 13.2 Å². The molecule has 0 bridgehead atoms. The van der Waals surface area contributed by atoms with Crippen LogP contribution in [0.15, 0.2) is 18.2 Å². The van der Waals surface area contributed by atoms with Crippen LogP contribution in [0, 0.1) is 5.82 Å². The topological polar surface area (TPSA) is 55.1 Å². The fraction of sp³-hybridized carbons (Fsp3) is 0.417. The Morgan fingerprint density at radius 3 is 2.35 bits per heavy atom. The molecule has 0 saturated heterocycles. The van der Waals surface area contributed by atoms with E-state index in [1.807, 2.05) is 0 Å². The molecule has 1 aliphatic carbocycles. The fourth-order valence-electron chi connectivity index (χ4n) is 1.83. The molecule has 3 nitrogen and oxygen atoms in total. The molecule has 1 amide bonds. The quantitative estimate of drug-likeness (QED) is 0.825. The van der Waals surface area contributed by atoms with Gasteiger partial charge in [-0.05, 0) is 37.5 Å². The third-order valence-electron chi connectivity index (χ3n) is 3.24. The van der Waals surface area contributed by atoms with Gasteiger partial charge in [-0.15, -0.1) is 12.4 Å². The second-order valence-corrected chi connectivity index (χ2v) is 4.66. The third kappa shape index (κ3) is 3.21. The molecule has 0 atom stereocenters. The van der Waals surface area contributed by atoms with E-state index < -0.39 is 34.7 Å². The average molecular weight is 313 g/mol. The first-order chi connectivity index (χ1) is 8.72. The summed E-state index contributed by atoms with van der Waals surface area (Å²) in [6.07, 6.45) is -2.93. The van der Waals surface area contributed by atoms with E-state index in [0.717, 1.165) is 6.42 Å². The molecule has 1 aromatic carbocycles. The van der Waals surface area contributed by atoms with Gasteiger partial charge >= 0.3 is 6.18 Å².